The van der Waals surface area contributed by atoms with Gasteiger partial charge in [-0.15, -0.1) is 0 Å². The molecule has 9 nitrogen and oxygen atoms in total. The highest BCUT2D eigenvalue weighted by Crippen LogP contribution is 2.23. The van der Waals surface area contributed by atoms with Crippen molar-refractivity contribution in [2.45, 2.75) is 275 Å². The maximum Gasteiger partial charge on any atom is 0.220 e. The summed E-state index contributed by atoms with van der Waals surface area (Å²) in [6, 6.07) is -0.806. The third-order valence-electron chi connectivity index (χ3n) is 12.0. The van der Waals surface area contributed by atoms with Crippen LogP contribution in [0.5, 0.6) is 0 Å². The van der Waals surface area contributed by atoms with E-state index < -0.39 is 49.5 Å². The Kier molecular flexibility index (Phi) is 38.4. The second-order valence-corrected chi connectivity index (χ2v) is 17.6. The minimum Gasteiger partial charge on any atom is -0.394 e. The summed E-state index contributed by atoms with van der Waals surface area (Å²) in [6.07, 6.45) is 42.2. The molecule has 6 N–H and O–H groups in total. The van der Waals surface area contributed by atoms with Crippen LogP contribution in [0.4, 0.5) is 0 Å². The van der Waals surface area contributed by atoms with Gasteiger partial charge in [0.15, 0.2) is 6.29 Å². The van der Waals surface area contributed by atoms with Crippen molar-refractivity contribution in [3.8, 4) is 0 Å². The number of amides is 1. The summed E-state index contributed by atoms with van der Waals surface area (Å²) >= 11 is 0. The van der Waals surface area contributed by atoms with Gasteiger partial charge in [-0.05, 0) is 44.9 Å². The molecular weight excluding hydrogens is 743 g/mol. The fourth-order valence-corrected chi connectivity index (χ4v) is 7.97. The van der Waals surface area contributed by atoms with Crippen LogP contribution in [0.1, 0.15) is 232 Å². The van der Waals surface area contributed by atoms with E-state index in [-0.39, 0.29) is 12.5 Å². The fourth-order valence-electron chi connectivity index (χ4n) is 7.97. The van der Waals surface area contributed by atoms with Crippen LogP contribution in [0, 0.1) is 0 Å². The fraction of sp³-hybridized carbons (Fsp3) is 0.900. The van der Waals surface area contributed by atoms with Crippen molar-refractivity contribution in [3.63, 3.8) is 0 Å². The molecule has 0 aromatic rings. The monoisotopic (exact) mass is 838 g/mol. The van der Waals surface area contributed by atoms with Crippen LogP contribution in [0.15, 0.2) is 24.3 Å². The van der Waals surface area contributed by atoms with Crippen LogP contribution in [-0.2, 0) is 14.3 Å². The van der Waals surface area contributed by atoms with E-state index in [4.69, 9.17) is 9.47 Å². The number of allylic oxidation sites excluding steroid dienone is 3. The van der Waals surface area contributed by atoms with E-state index in [0.717, 1.165) is 57.8 Å². The van der Waals surface area contributed by atoms with Gasteiger partial charge in [-0.3, -0.25) is 4.79 Å². The SMILES string of the molecule is CCCCCCCCCCC/C=C\CCCCCCCC(=O)NC(COC1OC(CO)C(O)C(O)C1O)C(O)/C=C/CCCCCCCCCCCCCCCCCC. The Labute approximate surface area is 362 Å². The maximum atomic E-state index is 13.0. The topological polar surface area (TPSA) is 149 Å². The first-order valence-corrected chi connectivity index (χ1v) is 25.1. The maximum absolute atomic E-state index is 13.0. The Morgan fingerprint density at radius 1 is 0.559 bits per heavy atom. The summed E-state index contributed by atoms with van der Waals surface area (Å²) in [5, 5.41) is 54.3. The highest BCUT2D eigenvalue weighted by atomic mass is 16.7. The number of carbonyl (C=O) groups excluding carboxylic acids is 1. The molecule has 0 radical (unpaired) electrons. The van der Waals surface area contributed by atoms with Crippen molar-refractivity contribution in [2.24, 2.45) is 0 Å². The summed E-state index contributed by atoms with van der Waals surface area (Å²) in [5.41, 5.74) is 0. The number of aliphatic hydroxyl groups excluding tert-OH is 5. The first-order valence-electron chi connectivity index (χ1n) is 25.1. The lowest BCUT2D eigenvalue weighted by Gasteiger charge is -2.40. The molecule has 1 aliphatic heterocycles. The molecule has 0 aromatic carbocycles. The molecule has 0 aromatic heterocycles. The molecule has 7 unspecified atom stereocenters. The van der Waals surface area contributed by atoms with Crippen molar-refractivity contribution >= 4 is 5.91 Å². The smallest absolute Gasteiger partial charge is 0.220 e. The first kappa shape index (κ1) is 55.7. The Bertz CT molecular complexity index is 977. The van der Waals surface area contributed by atoms with Gasteiger partial charge in [0, 0.05) is 6.42 Å². The van der Waals surface area contributed by atoms with E-state index >= 15 is 0 Å². The Morgan fingerprint density at radius 3 is 1.37 bits per heavy atom. The molecule has 59 heavy (non-hydrogen) atoms. The third kappa shape index (κ3) is 31.2. The predicted molar refractivity (Wildman–Crippen MR) is 244 cm³/mol. The van der Waals surface area contributed by atoms with Gasteiger partial charge in [0.25, 0.3) is 0 Å². The van der Waals surface area contributed by atoms with E-state index in [9.17, 15) is 30.3 Å². The molecule has 0 spiro atoms. The number of carbonyl (C=O) groups is 1. The third-order valence-corrected chi connectivity index (χ3v) is 12.0. The van der Waals surface area contributed by atoms with Crippen LogP contribution < -0.4 is 5.32 Å². The number of rotatable bonds is 42. The lowest BCUT2D eigenvalue weighted by atomic mass is 9.99. The molecule has 0 bridgehead atoms. The minimum absolute atomic E-state index is 0.183. The largest absolute Gasteiger partial charge is 0.394 e. The summed E-state index contributed by atoms with van der Waals surface area (Å²) in [5.74, 6) is -0.183. The van der Waals surface area contributed by atoms with Crippen molar-refractivity contribution in [3.05, 3.63) is 24.3 Å². The van der Waals surface area contributed by atoms with E-state index in [1.165, 1.54) is 154 Å². The molecule has 0 aliphatic carbocycles. The molecule has 1 rings (SSSR count). The molecule has 1 heterocycles. The average Bonchev–Trinajstić information content (AvgIpc) is 3.23. The highest BCUT2D eigenvalue weighted by Gasteiger charge is 2.44. The van der Waals surface area contributed by atoms with E-state index in [1.54, 1.807) is 6.08 Å². The van der Waals surface area contributed by atoms with Crippen LogP contribution in [0.3, 0.4) is 0 Å². The van der Waals surface area contributed by atoms with Gasteiger partial charge in [0.05, 0.1) is 25.4 Å². The highest BCUT2D eigenvalue weighted by molar-refractivity contribution is 5.76. The van der Waals surface area contributed by atoms with Crippen molar-refractivity contribution in [1.82, 2.24) is 5.32 Å². The number of ether oxygens (including phenoxy) is 2. The van der Waals surface area contributed by atoms with Crippen LogP contribution in [-0.4, -0.2) is 87.5 Å². The first-order chi connectivity index (χ1) is 28.8. The van der Waals surface area contributed by atoms with E-state index in [1.807, 2.05) is 6.08 Å². The van der Waals surface area contributed by atoms with Gasteiger partial charge in [0.2, 0.25) is 5.91 Å². The molecule has 1 fully saturated rings. The molecule has 348 valence electrons. The number of aliphatic hydroxyl groups is 5. The van der Waals surface area contributed by atoms with Gasteiger partial charge in [-0.2, -0.15) is 0 Å². The molecule has 1 aliphatic rings. The standard InChI is InChI=1S/C50H95NO8/c1-3-5-7-9-11-13-15-17-19-21-23-25-27-29-31-33-35-37-39-44(53)43(42-58-50-49(57)48(56)47(55)45(41-52)59-50)51-46(54)40-38-36-34-32-30-28-26-24-22-20-18-16-14-12-10-8-6-4-2/h24,26,37,39,43-45,47-50,52-53,55-57H,3-23,25,27-36,38,40-42H2,1-2H3,(H,51,54)/b26-24-,39-37+. The summed E-state index contributed by atoms with van der Waals surface area (Å²) in [6.45, 7) is 3.79. The van der Waals surface area contributed by atoms with Gasteiger partial charge in [0.1, 0.15) is 24.4 Å². The molecule has 1 saturated heterocycles. The van der Waals surface area contributed by atoms with Gasteiger partial charge >= 0.3 is 0 Å². The summed E-state index contributed by atoms with van der Waals surface area (Å²) < 4.78 is 11.2. The zero-order valence-corrected chi connectivity index (χ0v) is 38.3. The number of hydrogen-bond acceptors (Lipinski definition) is 8. The lowest BCUT2D eigenvalue weighted by Crippen LogP contribution is -2.60. The second-order valence-electron chi connectivity index (χ2n) is 17.6. The van der Waals surface area contributed by atoms with Gasteiger partial charge in [-0.1, -0.05) is 205 Å². The normalized spacial score (nSPS) is 20.8. The van der Waals surface area contributed by atoms with Crippen LogP contribution in [0.25, 0.3) is 0 Å². The Balaban J connectivity index is 2.32. The number of nitrogens with one attached hydrogen (secondary N) is 1. The minimum atomic E-state index is -1.57. The predicted octanol–water partition coefficient (Wildman–Crippen LogP) is 11.1. The summed E-state index contributed by atoms with van der Waals surface area (Å²) in [7, 11) is 0. The lowest BCUT2D eigenvalue weighted by molar-refractivity contribution is -0.302. The Hall–Kier alpha value is -1.33. The van der Waals surface area contributed by atoms with Crippen molar-refractivity contribution in [2.75, 3.05) is 13.2 Å². The molecular formula is C50H95NO8. The second kappa shape index (κ2) is 40.7. The summed E-state index contributed by atoms with van der Waals surface area (Å²) in [4.78, 5) is 13.0. The quantitative estimate of drug-likeness (QED) is 0.0263. The zero-order valence-electron chi connectivity index (χ0n) is 38.3. The van der Waals surface area contributed by atoms with Crippen LogP contribution in [0.2, 0.25) is 0 Å². The Morgan fingerprint density at radius 2 is 0.949 bits per heavy atom. The van der Waals surface area contributed by atoms with E-state index in [0.29, 0.717) is 6.42 Å². The molecule has 7 atom stereocenters. The van der Waals surface area contributed by atoms with Crippen LogP contribution >= 0.6 is 0 Å². The van der Waals surface area contributed by atoms with Gasteiger partial charge < -0.3 is 40.3 Å². The zero-order chi connectivity index (χ0) is 43.0. The number of hydrogen-bond donors (Lipinski definition) is 6. The molecule has 0 saturated carbocycles. The van der Waals surface area contributed by atoms with Crippen molar-refractivity contribution < 1.29 is 39.8 Å². The number of unbranched alkanes of at least 4 members (excludes halogenated alkanes) is 30. The van der Waals surface area contributed by atoms with Gasteiger partial charge in [-0.25, -0.2) is 0 Å². The average molecular weight is 838 g/mol. The molecule has 1 amide bonds. The molecule has 9 heteroatoms. The van der Waals surface area contributed by atoms with Crippen molar-refractivity contribution in [1.29, 1.82) is 0 Å². The van der Waals surface area contributed by atoms with E-state index in [2.05, 4.69) is 31.3 Å².